The average molecular weight is 261 g/mol. The van der Waals surface area contributed by atoms with Gasteiger partial charge in [0.05, 0.1) is 0 Å². The maximum Gasteiger partial charge on any atom is 0.252 e. The van der Waals surface area contributed by atoms with E-state index in [9.17, 15) is 9.59 Å². The zero-order valence-electron chi connectivity index (χ0n) is 11.2. The Bertz CT molecular complexity index is 523. The van der Waals surface area contributed by atoms with E-state index in [0.29, 0.717) is 5.56 Å². The second-order valence-corrected chi connectivity index (χ2v) is 5.35. The summed E-state index contributed by atoms with van der Waals surface area (Å²) >= 11 is 0. The predicted molar refractivity (Wildman–Crippen MR) is 74.0 cm³/mol. The molecule has 4 N–H and O–H groups in total. The molecule has 1 aromatic carbocycles. The molecule has 5 nitrogen and oxygen atoms in total. The first-order chi connectivity index (χ1) is 8.90. The van der Waals surface area contributed by atoms with Crippen molar-refractivity contribution < 1.29 is 9.59 Å². The summed E-state index contributed by atoms with van der Waals surface area (Å²) in [5.74, 6) is -0.836. The first kappa shape index (κ1) is 13.4. The summed E-state index contributed by atoms with van der Waals surface area (Å²) in [7, 11) is 0. The monoisotopic (exact) mass is 261 g/mol. The Hall–Kier alpha value is -2.04. The Morgan fingerprint density at radius 2 is 2.11 bits per heavy atom. The molecule has 2 amide bonds. The third kappa shape index (κ3) is 2.86. The largest absolute Gasteiger partial charge is 0.385 e. The molecule has 0 spiro atoms. The molecule has 0 aromatic heterocycles. The molecule has 102 valence electrons. The van der Waals surface area contributed by atoms with Crippen LogP contribution in [0, 0.1) is 0 Å². The van der Waals surface area contributed by atoms with Crippen LogP contribution in [0.15, 0.2) is 18.2 Å². The Balaban J connectivity index is 2.18. The first-order valence-corrected chi connectivity index (χ1v) is 6.39. The van der Waals surface area contributed by atoms with Gasteiger partial charge in [-0.1, -0.05) is 0 Å². The van der Waals surface area contributed by atoms with Crippen molar-refractivity contribution in [3.8, 4) is 0 Å². The van der Waals surface area contributed by atoms with E-state index in [2.05, 4.69) is 10.6 Å². The van der Waals surface area contributed by atoms with Crippen molar-refractivity contribution in [1.82, 2.24) is 5.32 Å². The molecule has 0 fully saturated rings. The Morgan fingerprint density at radius 3 is 2.79 bits per heavy atom. The van der Waals surface area contributed by atoms with Crippen LogP contribution >= 0.6 is 0 Å². The zero-order chi connectivity index (χ0) is 14.0. The summed E-state index contributed by atoms with van der Waals surface area (Å²) in [5, 5.41) is 5.93. The van der Waals surface area contributed by atoms with Crippen molar-refractivity contribution in [2.45, 2.75) is 32.2 Å². The number of rotatable bonds is 3. The lowest BCUT2D eigenvalue weighted by Crippen LogP contribution is -2.53. The van der Waals surface area contributed by atoms with Crippen LogP contribution in [0.3, 0.4) is 0 Å². The summed E-state index contributed by atoms with van der Waals surface area (Å²) in [6.45, 7) is 4.15. The van der Waals surface area contributed by atoms with Crippen molar-refractivity contribution >= 4 is 17.5 Å². The number of anilines is 1. The van der Waals surface area contributed by atoms with Crippen LogP contribution < -0.4 is 16.4 Å². The van der Waals surface area contributed by atoms with Crippen molar-refractivity contribution in [2.24, 2.45) is 5.73 Å². The topological polar surface area (TPSA) is 84.2 Å². The van der Waals surface area contributed by atoms with E-state index >= 15 is 0 Å². The van der Waals surface area contributed by atoms with Crippen molar-refractivity contribution in [2.75, 3.05) is 11.9 Å². The standard InChI is InChI=1S/C14H19N3O2/c1-14(2,13(15)19)17-12(18)10-5-6-11-9(8-10)4-3-7-16-11/h5-6,8,16H,3-4,7H2,1-2H3,(H2,15,19)(H,17,18). The molecular formula is C14H19N3O2. The number of primary amides is 1. The Labute approximate surface area is 112 Å². The van der Waals surface area contributed by atoms with Crippen LogP contribution in [0.4, 0.5) is 5.69 Å². The lowest BCUT2D eigenvalue weighted by Gasteiger charge is -2.23. The highest BCUT2D eigenvalue weighted by atomic mass is 16.2. The normalized spacial score (nSPS) is 14.2. The van der Waals surface area contributed by atoms with Crippen LogP contribution in [-0.4, -0.2) is 23.9 Å². The van der Waals surface area contributed by atoms with Crippen molar-refractivity contribution in [1.29, 1.82) is 0 Å². The van der Waals surface area contributed by atoms with Crippen LogP contribution in [0.2, 0.25) is 0 Å². The lowest BCUT2D eigenvalue weighted by atomic mass is 9.99. The predicted octanol–water partition coefficient (Wildman–Crippen LogP) is 1.04. The molecule has 1 heterocycles. The maximum atomic E-state index is 12.1. The molecule has 0 saturated carbocycles. The van der Waals surface area contributed by atoms with Gasteiger partial charge in [-0.05, 0) is 50.5 Å². The second kappa shape index (κ2) is 4.91. The molecule has 0 bridgehead atoms. The van der Waals surface area contributed by atoms with E-state index in [0.717, 1.165) is 30.6 Å². The van der Waals surface area contributed by atoms with Gasteiger partial charge in [-0.2, -0.15) is 0 Å². The molecule has 0 radical (unpaired) electrons. The fraction of sp³-hybridized carbons (Fsp3) is 0.429. The number of nitrogens with two attached hydrogens (primary N) is 1. The molecule has 1 aliphatic rings. The fourth-order valence-corrected chi connectivity index (χ4v) is 2.03. The number of carbonyl (C=O) groups is 2. The van der Waals surface area contributed by atoms with Gasteiger partial charge in [0.2, 0.25) is 5.91 Å². The second-order valence-electron chi connectivity index (χ2n) is 5.35. The summed E-state index contributed by atoms with van der Waals surface area (Å²) < 4.78 is 0. The molecule has 1 aromatic rings. The van der Waals surface area contributed by atoms with E-state index in [1.165, 1.54) is 0 Å². The molecule has 5 heteroatoms. The third-order valence-electron chi connectivity index (χ3n) is 3.35. The van der Waals surface area contributed by atoms with Crippen LogP contribution in [0.1, 0.15) is 36.2 Å². The van der Waals surface area contributed by atoms with Gasteiger partial charge in [0.1, 0.15) is 5.54 Å². The maximum absolute atomic E-state index is 12.1. The molecule has 1 aliphatic heterocycles. The Kier molecular flexibility index (Phi) is 3.46. The van der Waals surface area contributed by atoms with Gasteiger partial charge in [-0.3, -0.25) is 9.59 Å². The molecule has 2 rings (SSSR count). The van der Waals surface area contributed by atoms with E-state index in [-0.39, 0.29) is 5.91 Å². The van der Waals surface area contributed by atoms with Crippen LogP contribution in [0.5, 0.6) is 0 Å². The van der Waals surface area contributed by atoms with Gasteiger partial charge in [-0.15, -0.1) is 0 Å². The summed E-state index contributed by atoms with van der Waals surface area (Å²) in [4.78, 5) is 23.3. The molecule has 0 unspecified atom stereocenters. The smallest absolute Gasteiger partial charge is 0.252 e. The molecule has 19 heavy (non-hydrogen) atoms. The van der Waals surface area contributed by atoms with Gasteiger partial charge in [0, 0.05) is 17.8 Å². The molecular weight excluding hydrogens is 242 g/mol. The number of nitrogens with one attached hydrogen (secondary N) is 2. The number of amides is 2. The van der Waals surface area contributed by atoms with Crippen LogP contribution in [-0.2, 0) is 11.2 Å². The van der Waals surface area contributed by atoms with Gasteiger partial charge in [-0.25, -0.2) is 0 Å². The van der Waals surface area contributed by atoms with Crippen molar-refractivity contribution in [3.05, 3.63) is 29.3 Å². The number of carbonyl (C=O) groups excluding carboxylic acids is 2. The Morgan fingerprint density at radius 1 is 1.37 bits per heavy atom. The molecule has 0 atom stereocenters. The number of aryl methyl sites for hydroxylation is 1. The highest BCUT2D eigenvalue weighted by molar-refractivity contribution is 5.99. The van der Waals surface area contributed by atoms with Gasteiger partial charge in [0.15, 0.2) is 0 Å². The van der Waals surface area contributed by atoms with Crippen LogP contribution in [0.25, 0.3) is 0 Å². The summed E-state index contributed by atoms with van der Waals surface area (Å²) in [6, 6.07) is 5.53. The number of fused-ring (bicyclic) bond motifs is 1. The minimum Gasteiger partial charge on any atom is -0.385 e. The van der Waals surface area contributed by atoms with E-state index in [4.69, 9.17) is 5.73 Å². The van der Waals surface area contributed by atoms with Gasteiger partial charge < -0.3 is 16.4 Å². The van der Waals surface area contributed by atoms with Gasteiger partial charge >= 0.3 is 0 Å². The zero-order valence-corrected chi connectivity index (χ0v) is 11.2. The highest BCUT2D eigenvalue weighted by Crippen LogP contribution is 2.23. The van der Waals surface area contributed by atoms with Gasteiger partial charge in [0.25, 0.3) is 5.91 Å². The minimum atomic E-state index is -1.05. The number of hydrogen-bond acceptors (Lipinski definition) is 3. The fourth-order valence-electron chi connectivity index (χ4n) is 2.03. The highest BCUT2D eigenvalue weighted by Gasteiger charge is 2.27. The van der Waals surface area contributed by atoms with Crippen molar-refractivity contribution in [3.63, 3.8) is 0 Å². The average Bonchev–Trinajstić information content (AvgIpc) is 2.37. The van der Waals surface area contributed by atoms with E-state index in [1.807, 2.05) is 12.1 Å². The number of hydrogen-bond donors (Lipinski definition) is 3. The van der Waals surface area contributed by atoms with E-state index < -0.39 is 11.4 Å². The SMILES string of the molecule is CC(C)(NC(=O)c1ccc2c(c1)CCCN2)C(N)=O. The first-order valence-electron chi connectivity index (χ1n) is 6.39. The molecule has 0 aliphatic carbocycles. The molecule has 0 saturated heterocycles. The number of benzene rings is 1. The summed E-state index contributed by atoms with van der Waals surface area (Å²) in [6.07, 6.45) is 2.02. The van der Waals surface area contributed by atoms with E-state index in [1.54, 1.807) is 19.9 Å². The quantitative estimate of drug-likeness (QED) is 0.760. The minimum absolute atomic E-state index is 0.280. The third-order valence-corrected chi connectivity index (χ3v) is 3.35. The summed E-state index contributed by atoms with van der Waals surface area (Å²) in [5.41, 5.74) is 6.96. The lowest BCUT2D eigenvalue weighted by molar-refractivity contribution is -0.122.